The molecular weight excluding hydrogens is 263 g/mol. The van der Waals surface area contributed by atoms with Gasteiger partial charge in [-0.1, -0.05) is 0 Å². The van der Waals surface area contributed by atoms with Crippen LogP contribution in [-0.2, 0) is 13.2 Å². The first-order chi connectivity index (χ1) is 8.30. The Labute approximate surface area is 98.2 Å². The average Bonchev–Trinajstić information content (AvgIpc) is 2.26. The summed E-state index contributed by atoms with van der Waals surface area (Å²) >= 11 is 0. The maximum atomic E-state index is 12.5. The number of halogens is 5. The van der Waals surface area contributed by atoms with Gasteiger partial charge in [-0.25, -0.2) is 8.78 Å². The molecular formula is C9H9F5N2O2. The number of hydrogen-bond donors (Lipinski definition) is 2. The fraction of sp³-hybridized carbons (Fsp3) is 0.444. The van der Waals surface area contributed by atoms with E-state index in [1.54, 1.807) is 0 Å². The first-order valence-corrected chi connectivity index (χ1v) is 4.65. The molecule has 3 N–H and O–H groups in total. The van der Waals surface area contributed by atoms with Crippen LogP contribution < -0.4 is 10.5 Å². The summed E-state index contributed by atoms with van der Waals surface area (Å²) in [5.41, 5.74) is 3.29. The normalized spacial score (nSPS) is 12.0. The Bertz CT molecular complexity index is 422. The van der Waals surface area contributed by atoms with E-state index in [0.717, 1.165) is 0 Å². The van der Waals surface area contributed by atoms with Crippen LogP contribution in [0.4, 0.5) is 22.0 Å². The zero-order valence-electron chi connectivity index (χ0n) is 8.84. The summed E-state index contributed by atoms with van der Waals surface area (Å²) in [4.78, 5) is 3.37. The lowest BCUT2D eigenvalue weighted by Crippen LogP contribution is -2.21. The first kappa shape index (κ1) is 14.6. The van der Waals surface area contributed by atoms with Gasteiger partial charge in [-0.05, 0) is 0 Å². The van der Waals surface area contributed by atoms with E-state index in [0.29, 0.717) is 6.20 Å². The van der Waals surface area contributed by atoms with E-state index in [4.69, 9.17) is 10.8 Å². The number of aliphatic hydroxyl groups excluding tert-OH is 1. The van der Waals surface area contributed by atoms with Crippen LogP contribution in [0, 0.1) is 0 Å². The number of pyridine rings is 1. The van der Waals surface area contributed by atoms with Crippen LogP contribution in [0.25, 0.3) is 0 Å². The molecule has 4 nitrogen and oxygen atoms in total. The van der Waals surface area contributed by atoms with Crippen molar-refractivity contribution in [3.63, 3.8) is 0 Å². The maximum absolute atomic E-state index is 12.5. The predicted molar refractivity (Wildman–Crippen MR) is 49.7 cm³/mol. The van der Waals surface area contributed by atoms with E-state index < -0.39 is 42.8 Å². The molecule has 1 aromatic rings. The summed E-state index contributed by atoms with van der Waals surface area (Å²) in [6.45, 7) is -1.48. The van der Waals surface area contributed by atoms with Crippen LogP contribution in [0.1, 0.15) is 23.2 Å². The Kier molecular flexibility index (Phi) is 4.41. The number of hydrogen-bond acceptors (Lipinski definition) is 4. The monoisotopic (exact) mass is 272 g/mol. The van der Waals surface area contributed by atoms with Crippen LogP contribution in [0.5, 0.6) is 5.75 Å². The molecule has 0 atom stereocenters. The van der Waals surface area contributed by atoms with Gasteiger partial charge in [0.15, 0.2) is 5.75 Å². The molecule has 0 fully saturated rings. The minimum absolute atomic E-state index is 0.360. The van der Waals surface area contributed by atoms with Crippen LogP contribution in [-0.4, -0.2) is 16.5 Å². The summed E-state index contributed by atoms with van der Waals surface area (Å²) in [5, 5.41) is 8.92. The van der Waals surface area contributed by atoms with Crippen LogP contribution in [0.2, 0.25) is 0 Å². The van der Waals surface area contributed by atoms with Crippen molar-refractivity contribution in [2.45, 2.75) is 25.9 Å². The maximum Gasteiger partial charge on any atom is 0.573 e. The van der Waals surface area contributed by atoms with Crippen molar-refractivity contribution in [1.29, 1.82) is 0 Å². The smallest absolute Gasteiger partial charge is 0.403 e. The van der Waals surface area contributed by atoms with Crippen LogP contribution in [0.3, 0.4) is 0 Å². The molecule has 1 heterocycles. The van der Waals surface area contributed by atoms with Crippen molar-refractivity contribution in [3.8, 4) is 5.75 Å². The molecule has 0 aromatic carbocycles. The van der Waals surface area contributed by atoms with E-state index in [1.807, 2.05) is 0 Å². The molecule has 0 saturated heterocycles. The number of rotatable bonds is 4. The number of alkyl halides is 5. The van der Waals surface area contributed by atoms with E-state index in [2.05, 4.69) is 9.72 Å². The van der Waals surface area contributed by atoms with Crippen LogP contribution in [0.15, 0.2) is 6.20 Å². The zero-order valence-corrected chi connectivity index (χ0v) is 8.84. The molecule has 1 rings (SSSR count). The Morgan fingerprint density at radius 1 is 1.39 bits per heavy atom. The molecule has 1 aromatic heterocycles. The average molecular weight is 272 g/mol. The van der Waals surface area contributed by atoms with Gasteiger partial charge in [-0.2, -0.15) is 0 Å². The predicted octanol–water partition coefficient (Wildman–Crippen LogP) is 1.87. The standard InChI is InChI=1S/C9H9F5N2O2/c10-8(11)4-2-16-6(1-15)7(5(4)3-17)18-9(12,13)14/h2,8,17H,1,3,15H2. The van der Waals surface area contributed by atoms with Gasteiger partial charge in [0, 0.05) is 23.9 Å². The molecule has 0 bridgehead atoms. The van der Waals surface area contributed by atoms with Crippen molar-refractivity contribution < 1.29 is 31.8 Å². The summed E-state index contributed by atoms with van der Waals surface area (Å²) in [6.07, 6.45) is -7.50. The van der Waals surface area contributed by atoms with Crippen molar-refractivity contribution in [1.82, 2.24) is 4.98 Å². The molecule has 9 heteroatoms. The fourth-order valence-electron chi connectivity index (χ4n) is 1.32. The van der Waals surface area contributed by atoms with Gasteiger partial charge >= 0.3 is 6.36 Å². The Morgan fingerprint density at radius 2 is 2.00 bits per heavy atom. The minimum atomic E-state index is -5.09. The quantitative estimate of drug-likeness (QED) is 0.821. The highest BCUT2D eigenvalue weighted by atomic mass is 19.4. The highest BCUT2D eigenvalue weighted by molar-refractivity contribution is 5.42. The summed E-state index contributed by atoms with van der Waals surface area (Å²) < 4.78 is 65.1. The third-order valence-electron chi connectivity index (χ3n) is 2.05. The van der Waals surface area contributed by atoms with E-state index in [-0.39, 0.29) is 5.69 Å². The lowest BCUT2D eigenvalue weighted by atomic mass is 10.1. The SMILES string of the molecule is NCc1ncc(C(F)F)c(CO)c1OC(F)(F)F. The molecule has 18 heavy (non-hydrogen) atoms. The lowest BCUT2D eigenvalue weighted by molar-refractivity contribution is -0.275. The second-order valence-electron chi connectivity index (χ2n) is 3.18. The Morgan fingerprint density at radius 3 is 2.39 bits per heavy atom. The molecule has 0 saturated carbocycles. The Balaban J connectivity index is 3.37. The summed E-state index contributed by atoms with van der Waals surface area (Å²) in [6, 6.07) is 0. The lowest BCUT2D eigenvalue weighted by Gasteiger charge is -2.17. The highest BCUT2D eigenvalue weighted by Gasteiger charge is 2.34. The number of aliphatic hydroxyl groups is 1. The third kappa shape index (κ3) is 3.26. The zero-order chi connectivity index (χ0) is 13.9. The minimum Gasteiger partial charge on any atom is -0.403 e. The van der Waals surface area contributed by atoms with Gasteiger partial charge in [0.25, 0.3) is 6.43 Å². The molecule has 0 aliphatic carbocycles. The van der Waals surface area contributed by atoms with Crippen molar-refractivity contribution in [2.75, 3.05) is 0 Å². The largest absolute Gasteiger partial charge is 0.573 e. The molecule has 0 aliphatic heterocycles. The number of ether oxygens (including phenoxy) is 1. The number of aromatic nitrogens is 1. The summed E-state index contributed by atoms with van der Waals surface area (Å²) in [7, 11) is 0. The first-order valence-electron chi connectivity index (χ1n) is 4.65. The second kappa shape index (κ2) is 5.44. The summed E-state index contributed by atoms with van der Waals surface area (Å²) in [5.74, 6) is -0.967. The molecule has 102 valence electrons. The van der Waals surface area contributed by atoms with Crippen molar-refractivity contribution >= 4 is 0 Å². The van der Waals surface area contributed by atoms with Gasteiger partial charge < -0.3 is 15.6 Å². The van der Waals surface area contributed by atoms with E-state index in [1.165, 1.54) is 0 Å². The molecule has 0 radical (unpaired) electrons. The molecule has 0 spiro atoms. The highest BCUT2D eigenvalue weighted by Crippen LogP contribution is 2.34. The van der Waals surface area contributed by atoms with Gasteiger partial charge in [0.2, 0.25) is 0 Å². The van der Waals surface area contributed by atoms with Gasteiger partial charge in [-0.15, -0.1) is 13.2 Å². The Hall–Kier alpha value is -1.48. The second-order valence-corrected chi connectivity index (χ2v) is 3.18. The molecule has 0 aliphatic rings. The topological polar surface area (TPSA) is 68.4 Å². The molecule has 0 unspecified atom stereocenters. The number of nitrogens with two attached hydrogens (primary N) is 1. The van der Waals surface area contributed by atoms with Gasteiger partial charge in [-0.3, -0.25) is 4.98 Å². The van der Waals surface area contributed by atoms with E-state index in [9.17, 15) is 22.0 Å². The fourth-order valence-corrected chi connectivity index (χ4v) is 1.32. The number of nitrogens with zero attached hydrogens (tertiary/aromatic N) is 1. The van der Waals surface area contributed by atoms with Gasteiger partial charge in [0.1, 0.15) is 0 Å². The van der Waals surface area contributed by atoms with Crippen molar-refractivity contribution in [3.05, 3.63) is 23.0 Å². The van der Waals surface area contributed by atoms with E-state index >= 15 is 0 Å². The van der Waals surface area contributed by atoms with Crippen molar-refractivity contribution in [2.24, 2.45) is 5.73 Å². The molecule has 0 amide bonds. The third-order valence-corrected chi connectivity index (χ3v) is 2.05. The van der Waals surface area contributed by atoms with Crippen LogP contribution >= 0.6 is 0 Å². The van der Waals surface area contributed by atoms with Gasteiger partial charge in [0.05, 0.1) is 12.3 Å².